The zero-order valence-electron chi connectivity index (χ0n) is 23.5. The average molecular weight is 500 g/mol. The van der Waals surface area contributed by atoms with Gasteiger partial charge in [-0.05, 0) is 29.7 Å². The highest BCUT2D eigenvalue weighted by Gasteiger charge is 2.59. The summed E-state index contributed by atoms with van der Waals surface area (Å²) in [5, 5.41) is 7.62. The van der Waals surface area contributed by atoms with Crippen molar-refractivity contribution in [3.8, 4) is 0 Å². The summed E-state index contributed by atoms with van der Waals surface area (Å²) >= 11 is 0. The summed E-state index contributed by atoms with van der Waals surface area (Å²) < 4.78 is 0. The van der Waals surface area contributed by atoms with E-state index in [4.69, 9.17) is 0 Å². The van der Waals surface area contributed by atoms with Crippen LogP contribution in [0.5, 0.6) is 0 Å². The minimum Gasteiger partial charge on any atom is -0.301 e. The predicted molar refractivity (Wildman–Crippen MR) is 161 cm³/mol. The molecule has 3 unspecified atom stereocenters. The minimum atomic E-state index is -1.65. The van der Waals surface area contributed by atoms with Gasteiger partial charge in [0.15, 0.2) is 0 Å². The predicted octanol–water partition coefficient (Wildman–Crippen LogP) is 7.43. The van der Waals surface area contributed by atoms with Crippen molar-refractivity contribution >= 4 is 19.2 Å². The summed E-state index contributed by atoms with van der Waals surface area (Å²) in [5.74, 6) is 0.721. The van der Waals surface area contributed by atoms with Crippen LogP contribution in [0.15, 0.2) is 85.0 Å². The summed E-state index contributed by atoms with van der Waals surface area (Å²) in [6.07, 6.45) is 19.7. The van der Waals surface area contributed by atoms with Gasteiger partial charge >= 0.3 is 0 Å². The third-order valence-electron chi connectivity index (χ3n) is 10.3. The Morgan fingerprint density at radius 2 is 1.39 bits per heavy atom. The highest BCUT2D eigenvalue weighted by Crippen LogP contribution is 2.62. The summed E-state index contributed by atoms with van der Waals surface area (Å²) in [7, 11) is -1.65. The summed E-state index contributed by atoms with van der Waals surface area (Å²) in [6.45, 7) is 12.9. The van der Waals surface area contributed by atoms with E-state index in [1.165, 1.54) is 51.4 Å². The van der Waals surface area contributed by atoms with E-state index >= 15 is 0 Å². The first kappa shape index (κ1) is 27.1. The molecule has 1 N–H and O–H groups in total. The Balaban J connectivity index is 1.94. The van der Waals surface area contributed by atoms with Crippen LogP contribution in [-0.4, -0.2) is 20.4 Å². The number of nitrogens with one attached hydrogen (secondary N) is 1. The quantitative estimate of drug-likeness (QED) is 0.372. The fourth-order valence-electron chi connectivity index (χ4n) is 7.58. The molecule has 0 aromatic heterocycles. The second kappa shape index (κ2) is 11.7. The van der Waals surface area contributed by atoms with Gasteiger partial charge in [-0.25, -0.2) is 0 Å². The van der Waals surface area contributed by atoms with Gasteiger partial charge in [0.05, 0.1) is 0 Å². The molecule has 0 heterocycles. The van der Waals surface area contributed by atoms with E-state index in [1.54, 1.807) is 10.4 Å². The number of rotatable bonds is 8. The first-order chi connectivity index (χ1) is 17.3. The Bertz CT molecular complexity index is 958. The van der Waals surface area contributed by atoms with Crippen LogP contribution in [0.4, 0.5) is 0 Å². The van der Waals surface area contributed by atoms with E-state index < -0.39 is 8.80 Å². The van der Waals surface area contributed by atoms with Gasteiger partial charge in [0.25, 0.3) is 0 Å². The van der Waals surface area contributed by atoms with E-state index in [2.05, 4.69) is 125 Å². The molecule has 1 nitrogen and oxygen atoms in total. The number of hydrogen-bond acceptors (Lipinski definition) is 1. The Morgan fingerprint density at radius 3 is 1.94 bits per heavy atom. The molecule has 194 valence electrons. The van der Waals surface area contributed by atoms with Gasteiger partial charge in [-0.2, -0.15) is 0 Å². The topological polar surface area (TPSA) is 12.0 Å². The molecule has 4 rings (SSSR count). The lowest BCUT2D eigenvalue weighted by Gasteiger charge is -2.61. The average Bonchev–Trinajstić information content (AvgIpc) is 3.39. The van der Waals surface area contributed by atoms with Crippen molar-refractivity contribution in [2.24, 2.45) is 11.3 Å². The molecule has 1 saturated carbocycles. The molecule has 0 radical (unpaired) electrons. The second-order valence-electron chi connectivity index (χ2n) is 12.4. The summed E-state index contributed by atoms with van der Waals surface area (Å²) in [4.78, 5) is 0. The van der Waals surface area contributed by atoms with Crippen LogP contribution < -0.4 is 15.7 Å². The van der Waals surface area contributed by atoms with Gasteiger partial charge in [-0.15, -0.1) is 0 Å². The molecular formula is C34H49NSi. The number of hydrogen-bond donors (Lipinski definition) is 1. The monoisotopic (exact) mass is 499 g/mol. The first-order valence-electron chi connectivity index (χ1n) is 14.6. The standard InChI is InChI=1S/C34H49NSi/c1-6-7-19-28-20-11-10-18-27-33(4,35-29-21-16-17-22-29)32(2,3)34(28,5)36(30-23-12-8-13-24-30)31-25-14-9-15-26-31/h8-9,12-17,21-26,28-29,35-36H,6-7,10-11,18-20,27H2,1-5H3. The van der Waals surface area contributed by atoms with Crippen LogP contribution in [0.2, 0.25) is 5.04 Å². The molecule has 0 aliphatic heterocycles. The Kier molecular flexibility index (Phi) is 8.78. The molecule has 1 fully saturated rings. The molecule has 0 spiro atoms. The molecule has 2 heteroatoms. The van der Waals surface area contributed by atoms with Gasteiger partial charge in [0, 0.05) is 11.6 Å². The highest BCUT2D eigenvalue weighted by atomic mass is 28.3. The molecule has 0 bridgehead atoms. The Morgan fingerprint density at radius 1 is 0.806 bits per heavy atom. The number of benzene rings is 2. The third-order valence-corrected chi connectivity index (χ3v) is 14.8. The lowest BCUT2D eigenvalue weighted by atomic mass is 9.59. The van der Waals surface area contributed by atoms with Crippen molar-refractivity contribution in [3.05, 3.63) is 85.0 Å². The van der Waals surface area contributed by atoms with Crippen LogP contribution >= 0.6 is 0 Å². The van der Waals surface area contributed by atoms with Crippen molar-refractivity contribution in [3.63, 3.8) is 0 Å². The maximum Gasteiger partial charge on any atom is 0.109 e. The van der Waals surface area contributed by atoms with Crippen LogP contribution in [-0.2, 0) is 0 Å². The smallest absolute Gasteiger partial charge is 0.109 e. The second-order valence-corrected chi connectivity index (χ2v) is 15.8. The van der Waals surface area contributed by atoms with Crippen molar-refractivity contribution < 1.29 is 0 Å². The lowest BCUT2D eigenvalue weighted by Crippen LogP contribution is -2.67. The normalized spacial score (nSPS) is 28.7. The van der Waals surface area contributed by atoms with Crippen LogP contribution in [0.25, 0.3) is 0 Å². The lowest BCUT2D eigenvalue weighted by molar-refractivity contribution is 0.0398. The van der Waals surface area contributed by atoms with Crippen molar-refractivity contribution in [2.45, 2.75) is 103 Å². The molecule has 36 heavy (non-hydrogen) atoms. The summed E-state index contributed by atoms with van der Waals surface area (Å²) in [6, 6.07) is 23.6. The van der Waals surface area contributed by atoms with Gasteiger partial charge in [0.1, 0.15) is 8.80 Å². The van der Waals surface area contributed by atoms with Crippen molar-refractivity contribution in [2.75, 3.05) is 0 Å². The number of unbranched alkanes of at least 4 members (excludes halogenated alkanes) is 1. The molecule has 0 saturated heterocycles. The fourth-order valence-corrected chi connectivity index (χ4v) is 12.4. The SMILES string of the molecule is CCCCC1CCCCCC(C)(NC2C=CC=C2)C(C)(C)C1(C)[SiH](c1ccccc1)c1ccccc1. The van der Waals surface area contributed by atoms with Gasteiger partial charge < -0.3 is 5.32 Å². The van der Waals surface area contributed by atoms with E-state index in [-0.39, 0.29) is 16.0 Å². The molecule has 0 amide bonds. The summed E-state index contributed by atoms with van der Waals surface area (Å²) in [5.41, 5.74) is 0.130. The van der Waals surface area contributed by atoms with Crippen molar-refractivity contribution in [1.82, 2.24) is 5.32 Å². The maximum absolute atomic E-state index is 4.22. The Labute approximate surface area is 223 Å². The largest absolute Gasteiger partial charge is 0.301 e. The van der Waals surface area contributed by atoms with E-state index in [0.29, 0.717) is 6.04 Å². The van der Waals surface area contributed by atoms with Crippen molar-refractivity contribution in [1.29, 1.82) is 0 Å². The molecule has 3 atom stereocenters. The van der Waals surface area contributed by atoms with Gasteiger partial charge in [0.2, 0.25) is 0 Å². The fraction of sp³-hybridized carbons (Fsp3) is 0.529. The number of allylic oxidation sites excluding steroid dienone is 2. The van der Waals surface area contributed by atoms with Gasteiger partial charge in [-0.1, -0.05) is 168 Å². The molecule has 2 aliphatic carbocycles. The first-order valence-corrected chi connectivity index (χ1v) is 16.3. The minimum absolute atomic E-state index is 0.0368. The van der Waals surface area contributed by atoms with Crippen LogP contribution in [0, 0.1) is 11.3 Å². The molecule has 2 aromatic carbocycles. The maximum atomic E-state index is 4.22. The zero-order valence-corrected chi connectivity index (χ0v) is 24.6. The highest BCUT2D eigenvalue weighted by molar-refractivity contribution is 6.87. The zero-order chi connectivity index (χ0) is 25.7. The van der Waals surface area contributed by atoms with E-state index in [9.17, 15) is 0 Å². The van der Waals surface area contributed by atoms with Crippen LogP contribution in [0.3, 0.4) is 0 Å². The van der Waals surface area contributed by atoms with Gasteiger partial charge in [-0.3, -0.25) is 0 Å². The Hall–Kier alpha value is -1.90. The van der Waals surface area contributed by atoms with E-state index in [1.807, 2.05) is 0 Å². The van der Waals surface area contributed by atoms with Crippen LogP contribution in [0.1, 0.15) is 86.0 Å². The third kappa shape index (κ3) is 5.22. The molecule has 2 aliphatic rings. The van der Waals surface area contributed by atoms with E-state index in [0.717, 1.165) is 5.92 Å². The molecular weight excluding hydrogens is 450 g/mol. The molecule has 2 aromatic rings.